The number of carbonyl (C=O) groups is 2. The number of anilines is 1. The summed E-state index contributed by atoms with van der Waals surface area (Å²) in [6.45, 7) is 6.27. The molecule has 1 aliphatic rings. The lowest BCUT2D eigenvalue weighted by Gasteiger charge is -2.31. The number of aromatic nitrogens is 2. The maximum Gasteiger partial charge on any atom is 0.409 e. The number of carbonyl (C=O) groups excluding carboxylic acids is 2. The molecular weight excluding hydrogens is 322 g/mol. The van der Waals surface area contributed by atoms with Crippen molar-refractivity contribution in [3.8, 4) is 0 Å². The highest BCUT2D eigenvalue weighted by atomic mass is 16.6. The molecule has 0 saturated carbocycles. The average molecular weight is 349 g/mol. The number of amides is 2. The Morgan fingerprint density at radius 3 is 2.52 bits per heavy atom. The van der Waals surface area contributed by atoms with E-state index in [1.165, 1.54) is 12.4 Å². The lowest BCUT2D eigenvalue weighted by Crippen LogP contribution is -2.46. The number of ether oxygens (including phenoxy) is 1. The molecule has 1 fully saturated rings. The van der Waals surface area contributed by atoms with Crippen LogP contribution in [0.5, 0.6) is 0 Å². The molecule has 2 amide bonds. The Bertz CT molecular complexity index is 556. The van der Waals surface area contributed by atoms with Gasteiger partial charge in [0, 0.05) is 38.1 Å². The van der Waals surface area contributed by atoms with E-state index in [4.69, 9.17) is 4.74 Å². The van der Waals surface area contributed by atoms with Crippen molar-refractivity contribution in [1.29, 1.82) is 0 Å². The normalized spacial score (nSPS) is 14.9. The van der Waals surface area contributed by atoms with Crippen LogP contribution in [0.2, 0.25) is 0 Å². The molecule has 138 valence electrons. The zero-order valence-electron chi connectivity index (χ0n) is 15.0. The molecule has 1 aliphatic heterocycles. The molecule has 1 aromatic rings. The Hall–Kier alpha value is -2.38. The zero-order valence-corrected chi connectivity index (χ0v) is 15.0. The third-order valence-corrected chi connectivity index (χ3v) is 4.08. The van der Waals surface area contributed by atoms with Gasteiger partial charge in [-0.05, 0) is 26.2 Å². The lowest BCUT2D eigenvalue weighted by molar-refractivity contribution is 0.0859. The molecule has 25 heavy (non-hydrogen) atoms. The molecule has 0 aromatic carbocycles. The van der Waals surface area contributed by atoms with Gasteiger partial charge < -0.3 is 20.3 Å². The first-order valence-electron chi connectivity index (χ1n) is 8.92. The van der Waals surface area contributed by atoms with Crippen LogP contribution in [-0.4, -0.2) is 59.2 Å². The first-order valence-corrected chi connectivity index (χ1v) is 8.92. The average Bonchev–Trinajstić information content (AvgIpc) is 2.63. The smallest absolute Gasteiger partial charge is 0.409 e. The Morgan fingerprint density at radius 1 is 1.24 bits per heavy atom. The van der Waals surface area contributed by atoms with Gasteiger partial charge in [-0.25, -0.2) is 14.8 Å². The molecule has 0 atom stereocenters. The monoisotopic (exact) mass is 349 g/mol. The fraction of sp³-hybridized carbons (Fsp3) is 0.647. The Labute approximate surface area is 148 Å². The lowest BCUT2D eigenvalue weighted by atomic mass is 10.1. The van der Waals surface area contributed by atoms with Gasteiger partial charge in [0.25, 0.3) is 5.91 Å². The fourth-order valence-electron chi connectivity index (χ4n) is 2.60. The molecule has 0 unspecified atom stereocenters. The minimum atomic E-state index is -0.285. The molecule has 2 rings (SSSR count). The number of hydrogen-bond acceptors (Lipinski definition) is 6. The maximum atomic E-state index is 12.3. The number of nitrogens with zero attached hydrogens (tertiary/aromatic N) is 3. The van der Waals surface area contributed by atoms with Crippen LogP contribution in [0.25, 0.3) is 0 Å². The highest BCUT2D eigenvalue weighted by molar-refractivity contribution is 5.93. The van der Waals surface area contributed by atoms with Crippen molar-refractivity contribution >= 4 is 17.9 Å². The molecule has 8 heteroatoms. The van der Waals surface area contributed by atoms with Crippen LogP contribution in [-0.2, 0) is 4.74 Å². The molecular formula is C17H27N5O3. The summed E-state index contributed by atoms with van der Waals surface area (Å²) in [5.74, 6) is 0.349. The molecule has 1 saturated heterocycles. The molecule has 2 N–H and O–H groups in total. The molecule has 0 spiro atoms. The number of unbranched alkanes of at least 4 members (excludes halogenated alkanes) is 1. The van der Waals surface area contributed by atoms with Gasteiger partial charge in [-0.15, -0.1) is 0 Å². The Balaban J connectivity index is 1.77. The van der Waals surface area contributed by atoms with Crippen LogP contribution < -0.4 is 10.6 Å². The van der Waals surface area contributed by atoms with E-state index in [2.05, 4.69) is 27.5 Å². The summed E-state index contributed by atoms with van der Waals surface area (Å²) in [5, 5.41) is 6.10. The molecule has 0 bridgehead atoms. The van der Waals surface area contributed by atoms with E-state index in [9.17, 15) is 9.59 Å². The second kappa shape index (κ2) is 9.80. The van der Waals surface area contributed by atoms with Crippen molar-refractivity contribution in [3.05, 3.63) is 18.0 Å². The van der Waals surface area contributed by atoms with Crippen molar-refractivity contribution in [2.75, 3.05) is 31.6 Å². The van der Waals surface area contributed by atoms with E-state index in [0.717, 1.165) is 19.4 Å². The van der Waals surface area contributed by atoms with Crippen LogP contribution in [0.4, 0.5) is 10.7 Å². The van der Waals surface area contributed by atoms with Gasteiger partial charge in [0.1, 0.15) is 0 Å². The summed E-state index contributed by atoms with van der Waals surface area (Å²) in [6, 6.07) is 0.0422. The molecule has 2 heterocycles. The second-order valence-electron chi connectivity index (χ2n) is 6.01. The van der Waals surface area contributed by atoms with E-state index in [-0.39, 0.29) is 18.0 Å². The largest absolute Gasteiger partial charge is 0.450 e. The summed E-state index contributed by atoms with van der Waals surface area (Å²) >= 11 is 0. The Kier molecular flexibility index (Phi) is 7.43. The van der Waals surface area contributed by atoms with Gasteiger partial charge in [-0.3, -0.25) is 4.79 Å². The first-order chi connectivity index (χ1) is 12.1. The molecule has 0 aliphatic carbocycles. The predicted molar refractivity (Wildman–Crippen MR) is 94.5 cm³/mol. The highest BCUT2D eigenvalue weighted by Crippen LogP contribution is 2.12. The van der Waals surface area contributed by atoms with Crippen molar-refractivity contribution in [2.24, 2.45) is 0 Å². The van der Waals surface area contributed by atoms with E-state index in [1.807, 2.05) is 0 Å². The van der Waals surface area contributed by atoms with Gasteiger partial charge in [-0.1, -0.05) is 13.3 Å². The topological polar surface area (TPSA) is 96.5 Å². The van der Waals surface area contributed by atoms with Gasteiger partial charge >= 0.3 is 6.09 Å². The van der Waals surface area contributed by atoms with E-state index >= 15 is 0 Å². The summed E-state index contributed by atoms with van der Waals surface area (Å²) in [5.41, 5.74) is 0.439. The minimum Gasteiger partial charge on any atom is -0.450 e. The number of hydrogen-bond donors (Lipinski definition) is 2. The van der Waals surface area contributed by atoms with E-state index in [0.29, 0.717) is 44.0 Å². The predicted octanol–water partition coefficient (Wildman–Crippen LogP) is 2.04. The molecule has 8 nitrogen and oxygen atoms in total. The standard InChI is InChI=1S/C17H27N5O3/c1-3-5-8-18-16-19-11-13(12-20-16)15(23)21-14-6-9-22(10-7-14)17(24)25-4-2/h11-12,14H,3-10H2,1-2H3,(H,21,23)(H,18,19,20). The van der Waals surface area contributed by atoms with Crippen molar-refractivity contribution < 1.29 is 14.3 Å². The number of rotatable bonds is 7. The maximum absolute atomic E-state index is 12.3. The van der Waals surface area contributed by atoms with Gasteiger partial charge in [0.15, 0.2) is 0 Å². The third-order valence-electron chi connectivity index (χ3n) is 4.08. The number of likely N-dealkylation sites (tertiary alicyclic amines) is 1. The second-order valence-corrected chi connectivity index (χ2v) is 6.01. The van der Waals surface area contributed by atoms with E-state index < -0.39 is 0 Å². The summed E-state index contributed by atoms with van der Waals surface area (Å²) in [7, 11) is 0. The van der Waals surface area contributed by atoms with Crippen molar-refractivity contribution in [1.82, 2.24) is 20.2 Å². The van der Waals surface area contributed by atoms with Crippen LogP contribution >= 0.6 is 0 Å². The summed E-state index contributed by atoms with van der Waals surface area (Å²) in [4.78, 5) is 34.0. The third kappa shape index (κ3) is 5.88. The van der Waals surface area contributed by atoms with Crippen molar-refractivity contribution in [2.45, 2.75) is 45.6 Å². The van der Waals surface area contributed by atoms with Gasteiger partial charge in [0.2, 0.25) is 5.95 Å². The van der Waals surface area contributed by atoms with E-state index in [1.54, 1.807) is 11.8 Å². The van der Waals surface area contributed by atoms with Gasteiger partial charge in [0.05, 0.1) is 12.2 Å². The number of piperidine rings is 1. The number of nitrogens with one attached hydrogen (secondary N) is 2. The van der Waals surface area contributed by atoms with Gasteiger partial charge in [-0.2, -0.15) is 0 Å². The fourth-order valence-corrected chi connectivity index (χ4v) is 2.60. The van der Waals surface area contributed by atoms with Crippen LogP contribution in [0.1, 0.15) is 49.9 Å². The molecule has 1 aromatic heterocycles. The zero-order chi connectivity index (χ0) is 18.1. The summed E-state index contributed by atoms with van der Waals surface area (Å²) < 4.78 is 4.99. The highest BCUT2D eigenvalue weighted by Gasteiger charge is 2.24. The SMILES string of the molecule is CCCCNc1ncc(C(=O)NC2CCN(C(=O)OCC)CC2)cn1. The van der Waals surface area contributed by atoms with Crippen LogP contribution in [0, 0.1) is 0 Å². The van der Waals surface area contributed by atoms with Crippen LogP contribution in [0.15, 0.2) is 12.4 Å². The minimum absolute atomic E-state index is 0.0422. The molecule has 0 radical (unpaired) electrons. The first kappa shape index (κ1) is 19.0. The quantitative estimate of drug-likeness (QED) is 0.731. The summed E-state index contributed by atoms with van der Waals surface area (Å²) in [6.07, 6.45) is 6.35. The van der Waals surface area contributed by atoms with Crippen LogP contribution in [0.3, 0.4) is 0 Å². The van der Waals surface area contributed by atoms with Crippen molar-refractivity contribution in [3.63, 3.8) is 0 Å². The Morgan fingerprint density at radius 2 is 1.92 bits per heavy atom.